The van der Waals surface area contributed by atoms with Crippen LogP contribution < -0.4 is 31.7 Å². The average molecular weight is 591 g/mol. The van der Waals surface area contributed by atoms with Crippen LogP contribution in [-0.4, -0.2) is 106 Å². The van der Waals surface area contributed by atoms with Crippen LogP contribution in [0.25, 0.3) is 0 Å². The Bertz CT molecular complexity index is 1310. The lowest BCUT2D eigenvalue weighted by atomic mass is 10.0. The highest BCUT2D eigenvalue weighted by Crippen LogP contribution is 2.36. The molecule has 41 heavy (non-hydrogen) atoms. The van der Waals surface area contributed by atoms with Crippen LogP contribution in [0.15, 0.2) is 34.6 Å². The van der Waals surface area contributed by atoms with Gasteiger partial charge in [-0.15, -0.1) is 0 Å². The minimum Gasteiger partial charge on any atom is -0.495 e. The molecule has 1 unspecified atom stereocenters. The summed E-state index contributed by atoms with van der Waals surface area (Å²) in [5.74, 6) is -2.03. The lowest BCUT2D eigenvalue weighted by Crippen LogP contribution is -2.76. The Morgan fingerprint density at radius 3 is 2.56 bits per heavy atom. The zero-order valence-corrected chi connectivity index (χ0v) is 24.8. The minimum absolute atomic E-state index is 0.0350. The number of benzene rings is 1. The highest BCUT2D eigenvalue weighted by Gasteiger charge is 2.46. The molecule has 14 heteroatoms. The van der Waals surface area contributed by atoms with E-state index in [1.54, 1.807) is 4.90 Å². The number of ether oxygens (including phenoxy) is 1. The van der Waals surface area contributed by atoms with Gasteiger partial charge in [0, 0.05) is 57.9 Å². The first-order valence-electron chi connectivity index (χ1n) is 14.4. The second kappa shape index (κ2) is 11.6. The van der Waals surface area contributed by atoms with Gasteiger partial charge in [0.05, 0.1) is 17.7 Å². The van der Waals surface area contributed by atoms with Crippen molar-refractivity contribution in [3.8, 4) is 5.75 Å². The number of hydrogen-bond acceptors (Lipinski definition) is 11. The molecule has 0 radical (unpaired) electrons. The number of piperazine rings is 1. The van der Waals surface area contributed by atoms with E-state index in [4.69, 9.17) is 10.5 Å². The molecule has 2 fully saturated rings. The molecule has 13 nitrogen and oxygen atoms in total. The smallest absolute Gasteiger partial charge is 0.275 e. The Balaban J connectivity index is 1.38. The van der Waals surface area contributed by atoms with E-state index in [0.717, 1.165) is 38.6 Å². The summed E-state index contributed by atoms with van der Waals surface area (Å²) in [7, 11) is -0.585. The first-order chi connectivity index (χ1) is 19.5. The number of hydrogen-bond donors (Lipinski definition) is 5. The third-order valence-electron chi connectivity index (χ3n) is 8.42. The van der Waals surface area contributed by atoms with Gasteiger partial charge in [-0.3, -0.25) is 20.6 Å². The zero-order chi connectivity index (χ0) is 29.4. The van der Waals surface area contributed by atoms with Crippen molar-refractivity contribution in [3.05, 3.63) is 29.7 Å². The fraction of sp³-hybridized carbons (Fsp3) is 0.630. The summed E-state index contributed by atoms with van der Waals surface area (Å²) in [5.41, 5.74) is 7.64. The number of nitrogens with one attached hydrogen (secondary N) is 4. The van der Waals surface area contributed by atoms with Gasteiger partial charge in [-0.25, -0.2) is 8.42 Å². The SMILES string of the molecule is CCC1CN(C)C2=C(N[C@@](N)(Nc3ccc(S(=O)(=O)CC(=O)N4CCNCC4)cc3OC)NC2=O)N1C1CCCC1. The Labute approximate surface area is 241 Å². The normalized spacial score (nSPS) is 25.5. The van der Waals surface area contributed by atoms with Gasteiger partial charge in [0.15, 0.2) is 9.84 Å². The van der Waals surface area contributed by atoms with E-state index in [-0.39, 0.29) is 22.6 Å². The molecule has 5 rings (SSSR count). The van der Waals surface area contributed by atoms with Crippen molar-refractivity contribution in [3.63, 3.8) is 0 Å². The summed E-state index contributed by atoms with van der Waals surface area (Å²) in [6, 6.07) is 4.87. The highest BCUT2D eigenvalue weighted by molar-refractivity contribution is 7.92. The van der Waals surface area contributed by atoms with Crippen molar-refractivity contribution >= 4 is 27.3 Å². The van der Waals surface area contributed by atoms with Crippen LogP contribution in [0.2, 0.25) is 0 Å². The molecule has 0 aromatic heterocycles. The van der Waals surface area contributed by atoms with Crippen molar-refractivity contribution in [2.45, 2.75) is 61.9 Å². The number of likely N-dealkylation sites (N-methyl/N-ethyl adjacent to an activating group) is 1. The summed E-state index contributed by atoms with van der Waals surface area (Å²) in [4.78, 5) is 31.9. The largest absolute Gasteiger partial charge is 0.495 e. The van der Waals surface area contributed by atoms with Crippen molar-refractivity contribution in [2.24, 2.45) is 5.73 Å². The van der Waals surface area contributed by atoms with Crippen LogP contribution in [-0.2, 0) is 19.4 Å². The van der Waals surface area contributed by atoms with E-state index >= 15 is 0 Å². The monoisotopic (exact) mass is 590 g/mol. The Hall–Kier alpha value is -3.23. The van der Waals surface area contributed by atoms with Crippen LogP contribution in [0.3, 0.4) is 0 Å². The molecule has 3 heterocycles. The number of anilines is 1. The Morgan fingerprint density at radius 2 is 1.90 bits per heavy atom. The van der Waals surface area contributed by atoms with Crippen LogP contribution in [0.5, 0.6) is 5.75 Å². The van der Waals surface area contributed by atoms with Gasteiger partial charge in [0.1, 0.15) is 23.0 Å². The average Bonchev–Trinajstić information content (AvgIpc) is 3.47. The topological polar surface area (TPSA) is 161 Å². The lowest BCUT2D eigenvalue weighted by molar-refractivity contribution is -0.129. The van der Waals surface area contributed by atoms with E-state index in [1.165, 1.54) is 25.3 Å². The van der Waals surface area contributed by atoms with Gasteiger partial charge in [0.25, 0.3) is 5.91 Å². The van der Waals surface area contributed by atoms with Gasteiger partial charge in [0.2, 0.25) is 11.8 Å². The van der Waals surface area contributed by atoms with Gasteiger partial charge in [-0.05, 0) is 31.4 Å². The molecule has 3 aliphatic heterocycles. The van der Waals surface area contributed by atoms with Crippen LogP contribution in [0, 0.1) is 0 Å². The summed E-state index contributed by atoms with van der Waals surface area (Å²) < 4.78 is 31.8. The maximum absolute atomic E-state index is 13.4. The number of sulfone groups is 1. The predicted octanol–water partition coefficient (Wildman–Crippen LogP) is -0.260. The second-order valence-corrected chi connectivity index (χ2v) is 13.2. The summed E-state index contributed by atoms with van der Waals surface area (Å²) in [5, 5.41) is 12.5. The van der Waals surface area contributed by atoms with E-state index in [0.29, 0.717) is 49.4 Å². The van der Waals surface area contributed by atoms with Crippen LogP contribution >= 0.6 is 0 Å². The third kappa shape index (κ3) is 5.90. The molecule has 4 aliphatic rings. The van der Waals surface area contributed by atoms with E-state index < -0.39 is 27.4 Å². The van der Waals surface area contributed by atoms with Crippen LogP contribution in [0.1, 0.15) is 39.0 Å². The first-order valence-corrected chi connectivity index (χ1v) is 16.0. The predicted molar refractivity (Wildman–Crippen MR) is 154 cm³/mol. The van der Waals surface area contributed by atoms with Gasteiger partial charge in [-0.1, -0.05) is 19.8 Å². The molecule has 1 saturated heterocycles. The molecule has 2 amide bonds. The zero-order valence-electron chi connectivity index (χ0n) is 24.0. The number of nitrogens with two attached hydrogens (primary N) is 1. The molecule has 0 spiro atoms. The molecular formula is C27H42N8O5S. The third-order valence-corrected chi connectivity index (χ3v) is 10.0. The lowest BCUT2D eigenvalue weighted by Gasteiger charge is -2.52. The molecule has 2 atom stereocenters. The van der Waals surface area contributed by atoms with Crippen molar-refractivity contribution in [2.75, 3.05) is 58.0 Å². The Morgan fingerprint density at radius 1 is 1.20 bits per heavy atom. The van der Waals surface area contributed by atoms with Gasteiger partial charge >= 0.3 is 0 Å². The maximum atomic E-state index is 13.4. The van der Waals surface area contributed by atoms with E-state index in [1.807, 2.05) is 11.9 Å². The summed E-state index contributed by atoms with van der Waals surface area (Å²) in [6.45, 7) is 5.12. The number of rotatable bonds is 8. The minimum atomic E-state index is -3.92. The highest BCUT2D eigenvalue weighted by atomic mass is 32.2. The fourth-order valence-corrected chi connectivity index (χ4v) is 7.56. The van der Waals surface area contributed by atoms with Crippen molar-refractivity contribution < 1.29 is 22.7 Å². The number of amides is 2. The molecular weight excluding hydrogens is 548 g/mol. The van der Waals surface area contributed by atoms with Gasteiger partial charge < -0.3 is 35.4 Å². The molecule has 1 aromatic rings. The van der Waals surface area contributed by atoms with Gasteiger partial charge in [-0.2, -0.15) is 0 Å². The Kier molecular flexibility index (Phi) is 8.26. The van der Waals surface area contributed by atoms with E-state index in [9.17, 15) is 18.0 Å². The summed E-state index contributed by atoms with van der Waals surface area (Å²) >= 11 is 0. The molecule has 0 bridgehead atoms. The van der Waals surface area contributed by atoms with Crippen molar-refractivity contribution in [1.29, 1.82) is 0 Å². The molecule has 1 aliphatic carbocycles. The number of carbonyl (C=O) groups is 2. The first kappa shape index (κ1) is 29.3. The fourth-order valence-electron chi connectivity index (χ4n) is 6.33. The molecule has 6 N–H and O–H groups in total. The maximum Gasteiger partial charge on any atom is 0.275 e. The standard InChI is InChI=1S/C27H42N8O5S/c1-4-18-16-33(2)24-25(35(18)19-7-5-6-8-19)31-27(28,32-26(24)37)30-21-10-9-20(15-22(21)40-3)41(38,39)17-23(36)34-13-11-29-12-14-34/h9-10,15,18-19,29-31H,4-8,11-14,16-17,28H2,1-3H3,(H,32,37)/t18?,27-/m1/s1. The number of nitrogens with zero attached hydrogens (tertiary/aromatic N) is 3. The second-order valence-electron chi connectivity index (χ2n) is 11.2. The van der Waals surface area contributed by atoms with E-state index in [2.05, 4.69) is 33.1 Å². The number of carbonyl (C=O) groups excluding carboxylic acids is 2. The summed E-state index contributed by atoms with van der Waals surface area (Å²) in [6.07, 6.45) is 5.36. The quantitative estimate of drug-likeness (QED) is 0.254. The van der Waals surface area contributed by atoms with Crippen molar-refractivity contribution in [1.82, 2.24) is 30.7 Å². The molecule has 1 saturated carbocycles. The number of methoxy groups -OCH3 is 1. The van der Waals surface area contributed by atoms with Crippen LogP contribution in [0.4, 0.5) is 5.69 Å². The molecule has 1 aromatic carbocycles. The molecule has 226 valence electrons.